The molecule has 2 aliphatic heterocycles. The summed E-state index contributed by atoms with van der Waals surface area (Å²) in [5.74, 6) is 0.626. The number of anilines is 1. The molecule has 0 atom stereocenters. The van der Waals surface area contributed by atoms with Crippen molar-refractivity contribution in [1.29, 1.82) is 0 Å². The number of piperazine rings is 1. The number of carbonyl (C=O) groups is 1. The van der Waals surface area contributed by atoms with Crippen LogP contribution in [0.15, 0.2) is 24.3 Å². The fourth-order valence-electron chi connectivity index (χ4n) is 3.22. The molecule has 1 fully saturated rings. The second-order valence-corrected chi connectivity index (χ2v) is 6.93. The lowest BCUT2D eigenvalue weighted by Gasteiger charge is -2.36. The molecule has 0 bridgehead atoms. The van der Waals surface area contributed by atoms with Gasteiger partial charge >= 0.3 is 0 Å². The summed E-state index contributed by atoms with van der Waals surface area (Å²) in [7, 11) is 0. The molecule has 0 spiro atoms. The molecule has 2 aliphatic rings. The Balaban J connectivity index is 1.44. The number of ether oxygens (including phenoxy) is 1. The van der Waals surface area contributed by atoms with Crippen LogP contribution >= 0.6 is 23.2 Å². The predicted octanol–water partition coefficient (Wildman–Crippen LogP) is 2.93. The fraction of sp³-hybridized carbons (Fsp3) is 0.412. The van der Waals surface area contributed by atoms with Gasteiger partial charge in [0.15, 0.2) is 5.69 Å². The topological polar surface area (TPSA) is 50.6 Å². The van der Waals surface area contributed by atoms with E-state index in [1.165, 1.54) is 0 Å². The second-order valence-electron chi connectivity index (χ2n) is 6.15. The van der Waals surface area contributed by atoms with Gasteiger partial charge in [-0.2, -0.15) is 5.10 Å². The molecule has 25 heavy (non-hydrogen) atoms. The van der Waals surface area contributed by atoms with Crippen molar-refractivity contribution in [3.63, 3.8) is 0 Å². The number of amides is 1. The molecule has 1 amide bonds. The van der Waals surface area contributed by atoms with Crippen LogP contribution in [-0.4, -0.2) is 53.4 Å². The van der Waals surface area contributed by atoms with Crippen molar-refractivity contribution in [3.05, 3.63) is 40.0 Å². The Morgan fingerprint density at radius 3 is 2.68 bits per heavy atom. The second kappa shape index (κ2) is 6.77. The van der Waals surface area contributed by atoms with E-state index >= 15 is 0 Å². The summed E-state index contributed by atoms with van der Waals surface area (Å²) >= 11 is 12.4. The molecule has 2 aromatic rings. The molecule has 0 aliphatic carbocycles. The number of nitrogens with zero attached hydrogens (tertiary/aromatic N) is 4. The van der Waals surface area contributed by atoms with Crippen molar-refractivity contribution < 1.29 is 9.53 Å². The molecular weight excluding hydrogens is 363 g/mol. The molecule has 0 saturated carbocycles. The lowest BCUT2D eigenvalue weighted by molar-refractivity contribution is 0.0740. The minimum atomic E-state index is -0.0534. The number of hydrogen-bond acceptors (Lipinski definition) is 4. The largest absolute Gasteiger partial charge is 0.478 e. The number of benzene rings is 1. The van der Waals surface area contributed by atoms with Gasteiger partial charge in [0.05, 0.1) is 22.3 Å². The number of hydrogen-bond donors (Lipinski definition) is 0. The number of halogens is 2. The van der Waals surface area contributed by atoms with E-state index in [1.807, 2.05) is 17.0 Å². The summed E-state index contributed by atoms with van der Waals surface area (Å²) in [6, 6.07) is 7.35. The van der Waals surface area contributed by atoms with E-state index < -0.39 is 0 Å². The van der Waals surface area contributed by atoms with Crippen LogP contribution in [0.1, 0.15) is 16.9 Å². The van der Waals surface area contributed by atoms with E-state index in [0.29, 0.717) is 54.4 Å². The number of rotatable bonds is 2. The van der Waals surface area contributed by atoms with Crippen molar-refractivity contribution >= 4 is 34.8 Å². The summed E-state index contributed by atoms with van der Waals surface area (Å²) in [6.07, 6.45) is 0.918. The smallest absolute Gasteiger partial charge is 0.274 e. The van der Waals surface area contributed by atoms with Gasteiger partial charge in [-0.1, -0.05) is 29.3 Å². The average Bonchev–Trinajstić information content (AvgIpc) is 3.08. The average molecular weight is 381 g/mol. The molecule has 3 heterocycles. The van der Waals surface area contributed by atoms with Gasteiger partial charge in [0.25, 0.3) is 5.91 Å². The van der Waals surface area contributed by atoms with E-state index in [0.717, 1.165) is 18.7 Å². The molecular formula is C17H18Cl2N4O2. The number of carbonyl (C=O) groups excluding carboxylic acids is 1. The summed E-state index contributed by atoms with van der Waals surface area (Å²) < 4.78 is 7.30. The monoisotopic (exact) mass is 380 g/mol. The molecule has 1 aromatic heterocycles. The van der Waals surface area contributed by atoms with Crippen LogP contribution in [0.3, 0.4) is 0 Å². The maximum Gasteiger partial charge on any atom is 0.274 e. The van der Waals surface area contributed by atoms with Crippen LogP contribution in [0, 0.1) is 0 Å². The minimum Gasteiger partial charge on any atom is -0.478 e. The lowest BCUT2D eigenvalue weighted by Crippen LogP contribution is -2.49. The quantitative estimate of drug-likeness (QED) is 0.803. The molecule has 6 nitrogen and oxygen atoms in total. The molecule has 0 radical (unpaired) electrons. The van der Waals surface area contributed by atoms with E-state index in [4.69, 9.17) is 27.9 Å². The van der Waals surface area contributed by atoms with E-state index in [-0.39, 0.29) is 5.91 Å². The maximum atomic E-state index is 12.7. The fourth-order valence-corrected chi connectivity index (χ4v) is 3.64. The third-order valence-corrected chi connectivity index (χ3v) is 5.37. The van der Waals surface area contributed by atoms with Crippen LogP contribution in [0.25, 0.3) is 0 Å². The predicted molar refractivity (Wildman–Crippen MR) is 96.9 cm³/mol. The molecule has 0 unspecified atom stereocenters. The molecule has 1 saturated heterocycles. The number of fused-ring (bicyclic) bond motifs is 1. The van der Waals surface area contributed by atoms with Crippen LogP contribution in [0.2, 0.25) is 10.0 Å². The number of aryl methyl sites for hydroxylation is 1. The highest BCUT2D eigenvalue weighted by Gasteiger charge is 2.26. The maximum absolute atomic E-state index is 12.7. The highest BCUT2D eigenvalue weighted by molar-refractivity contribution is 6.43. The zero-order valence-electron chi connectivity index (χ0n) is 13.6. The van der Waals surface area contributed by atoms with Crippen LogP contribution in [-0.2, 0) is 6.54 Å². The van der Waals surface area contributed by atoms with Crippen molar-refractivity contribution in [3.8, 4) is 5.88 Å². The Labute approximate surface area is 155 Å². The molecule has 4 rings (SSSR count). The summed E-state index contributed by atoms with van der Waals surface area (Å²) in [4.78, 5) is 16.7. The first-order valence-corrected chi connectivity index (χ1v) is 9.08. The van der Waals surface area contributed by atoms with Gasteiger partial charge in [0.1, 0.15) is 0 Å². The van der Waals surface area contributed by atoms with E-state index in [1.54, 1.807) is 16.8 Å². The standard InChI is InChI=1S/C17H18Cl2N4O2/c18-12-3-1-4-14(16(12)19)21-6-8-22(9-7-21)17(24)13-11-15-23(20-13)5-2-10-25-15/h1,3-4,11H,2,5-10H2. The highest BCUT2D eigenvalue weighted by Crippen LogP contribution is 2.33. The Morgan fingerprint density at radius 2 is 1.92 bits per heavy atom. The first-order valence-electron chi connectivity index (χ1n) is 8.32. The van der Waals surface area contributed by atoms with Crippen LogP contribution in [0.4, 0.5) is 5.69 Å². The Kier molecular flexibility index (Phi) is 4.48. The normalized spacial score (nSPS) is 17.2. The van der Waals surface area contributed by atoms with E-state index in [9.17, 15) is 4.79 Å². The van der Waals surface area contributed by atoms with Crippen LogP contribution in [0.5, 0.6) is 5.88 Å². The zero-order valence-corrected chi connectivity index (χ0v) is 15.1. The van der Waals surface area contributed by atoms with Gasteiger partial charge in [0, 0.05) is 45.2 Å². The molecule has 1 aromatic carbocycles. The van der Waals surface area contributed by atoms with Gasteiger partial charge in [-0.3, -0.25) is 4.79 Å². The minimum absolute atomic E-state index is 0.0534. The third kappa shape index (κ3) is 3.16. The van der Waals surface area contributed by atoms with E-state index in [2.05, 4.69) is 10.00 Å². The third-order valence-electron chi connectivity index (χ3n) is 4.57. The van der Waals surface area contributed by atoms with Gasteiger partial charge in [-0.15, -0.1) is 0 Å². The zero-order chi connectivity index (χ0) is 17.4. The lowest BCUT2D eigenvalue weighted by atomic mass is 10.2. The SMILES string of the molecule is O=C(c1cc2n(n1)CCCO2)N1CCN(c2cccc(Cl)c2Cl)CC1. The highest BCUT2D eigenvalue weighted by atomic mass is 35.5. The first kappa shape index (κ1) is 16.5. The van der Waals surface area contributed by atoms with Gasteiger partial charge < -0.3 is 14.5 Å². The summed E-state index contributed by atoms with van der Waals surface area (Å²) in [5.41, 5.74) is 1.36. The molecule has 132 valence electrons. The van der Waals surface area contributed by atoms with Gasteiger partial charge in [-0.25, -0.2) is 4.68 Å². The Hall–Kier alpha value is -1.92. The van der Waals surface area contributed by atoms with Crippen molar-refractivity contribution in [1.82, 2.24) is 14.7 Å². The van der Waals surface area contributed by atoms with Crippen molar-refractivity contribution in [2.45, 2.75) is 13.0 Å². The Bertz CT molecular complexity index is 776. The Morgan fingerprint density at radius 1 is 1.12 bits per heavy atom. The molecule has 0 N–H and O–H groups in total. The molecule has 8 heteroatoms. The van der Waals surface area contributed by atoms with Crippen molar-refractivity contribution in [2.24, 2.45) is 0 Å². The van der Waals surface area contributed by atoms with Crippen LogP contribution < -0.4 is 9.64 Å². The first-order chi connectivity index (χ1) is 12.1. The summed E-state index contributed by atoms with van der Waals surface area (Å²) in [5, 5.41) is 5.48. The summed E-state index contributed by atoms with van der Waals surface area (Å²) in [6.45, 7) is 4.11. The number of aromatic nitrogens is 2. The van der Waals surface area contributed by atoms with Gasteiger partial charge in [0.2, 0.25) is 5.88 Å². The van der Waals surface area contributed by atoms with Gasteiger partial charge in [-0.05, 0) is 12.1 Å². The van der Waals surface area contributed by atoms with Crippen molar-refractivity contribution in [2.75, 3.05) is 37.7 Å².